The van der Waals surface area contributed by atoms with E-state index in [9.17, 15) is 14.7 Å². The molecule has 2 aromatic rings. The van der Waals surface area contributed by atoms with Gasteiger partial charge in [0.25, 0.3) is 0 Å². The van der Waals surface area contributed by atoms with Crippen molar-refractivity contribution < 1.29 is 14.7 Å². The van der Waals surface area contributed by atoms with E-state index in [0.717, 1.165) is 49.1 Å². The van der Waals surface area contributed by atoms with Gasteiger partial charge in [0, 0.05) is 34.0 Å². The summed E-state index contributed by atoms with van der Waals surface area (Å²) in [5.41, 5.74) is -0.0705. The van der Waals surface area contributed by atoms with Gasteiger partial charge in [0.2, 0.25) is 0 Å². The van der Waals surface area contributed by atoms with Crippen LogP contribution >= 0.6 is 11.3 Å². The van der Waals surface area contributed by atoms with Gasteiger partial charge in [-0.3, -0.25) is 5.10 Å². The van der Waals surface area contributed by atoms with Crippen molar-refractivity contribution >= 4 is 23.9 Å². The van der Waals surface area contributed by atoms with E-state index in [1.807, 2.05) is 11.6 Å². The fraction of sp³-hybridized carbons (Fsp3) is 0.667. The smallest absolute Gasteiger partial charge is 0.127 e. The number of H-pyrrole nitrogens is 1. The lowest BCUT2D eigenvalue weighted by molar-refractivity contribution is -0.148. The van der Waals surface area contributed by atoms with Crippen LogP contribution in [0.3, 0.4) is 0 Å². The molecule has 0 aliphatic heterocycles. The van der Waals surface area contributed by atoms with Crippen LogP contribution in [0.25, 0.3) is 0 Å². The zero-order chi connectivity index (χ0) is 21.7. The molecule has 31 heavy (non-hydrogen) atoms. The predicted molar refractivity (Wildman–Crippen MR) is 115 cm³/mol. The van der Waals surface area contributed by atoms with Crippen molar-refractivity contribution in [2.24, 2.45) is 33.5 Å². The minimum Gasteiger partial charge on any atom is -0.382 e. The lowest BCUT2D eigenvalue weighted by atomic mass is 9.48. The fourth-order valence-corrected chi connectivity index (χ4v) is 9.46. The van der Waals surface area contributed by atoms with Crippen LogP contribution in [0.15, 0.2) is 17.8 Å². The van der Waals surface area contributed by atoms with Crippen molar-refractivity contribution in [3.05, 3.63) is 34.0 Å². The normalized spacial score (nSPS) is 47.8. The van der Waals surface area contributed by atoms with Gasteiger partial charge in [-0.15, -0.1) is 11.3 Å². The number of carbonyl (C=O) groups excluding carboxylic acids is 2. The van der Waals surface area contributed by atoms with E-state index in [2.05, 4.69) is 29.0 Å². The van der Waals surface area contributed by atoms with E-state index in [1.165, 1.54) is 23.2 Å². The highest BCUT2D eigenvalue weighted by atomic mass is 32.1. The fourth-order valence-electron chi connectivity index (χ4n) is 8.55. The molecule has 2 heterocycles. The molecule has 164 valence electrons. The summed E-state index contributed by atoms with van der Waals surface area (Å²) in [4.78, 5) is 29.7. The van der Waals surface area contributed by atoms with Crippen LogP contribution in [-0.4, -0.2) is 32.9 Å². The van der Waals surface area contributed by atoms with E-state index in [4.69, 9.17) is 0 Å². The summed E-state index contributed by atoms with van der Waals surface area (Å²) in [6, 6.07) is 0. The summed E-state index contributed by atoms with van der Waals surface area (Å²) >= 11 is 1.51. The number of aldehydes is 2. The highest BCUT2D eigenvalue weighted by molar-refractivity contribution is 7.09. The van der Waals surface area contributed by atoms with Crippen molar-refractivity contribution in [3.8, 4) is 0 Å². The van der Waals surface area contributed by atoms with Gasteiger partial charge in [-0.25, -0.2) is 4.98 Å². The van der Waals surface area contributed by atoms with Crippen molar-refractivity contribution in [2.75, 3.05) is 0 Å². The monoisotopic (exact) mass is 439 g/mol. The Kier molecular flexibility index (Phi) is 3.78. The van der Waals surface area contributed by atoms with Crippen LogP contribution in [0.5, 0.6) is 0 Å². The van der Waals surface area contributed by atoms with Crippen molar-refractivity contribution in [1.29, 1.82) is 0 Å². The summed E-state index contributed by atoms with van der Waals surface area (Å²) < 4.78 is 0. The zero-order valence-corrected chi connectivity index (χ0v) is 18.9. The molecule has 2 N–H and O–H groups in total. The summed E-state index contributed by atoms with van der Waals surface area (Å²) in [6.07, 6.45) is 11.4. The molecule has 7 atom stereocenters. The molecule has 0 spiro atoms. The van der Waals surface area contributed by atoms with Gasteiger partial charge in [0.05, 0.1) is 6.20 Å². The number of aromatic amines is 1. The van der Waals surface area contributed by atoms with Gasteiger partial charge in [0.1, 0.15) is 23.2 Å². The molecule has 6 nitrogen and oxygen atoms in total. The van der Waals surface area contributed by atoms with Crippen LogP contribution in [0.4, 0.5) is 0 Å². The maximum absolute atomic E-state index is 12.9. The SMILES string of the molecule is C[C@]1([C@@]23CC[C@@]4(C)[C@@H](CC[C@@]4(O)c4nccs4)[C@@]2(C=O)C3)Cc2cn[nH]c2C[C@@H]1C=O. The summed E-state index contributed by atoms with van der Waals surface area (Å²) in [5.74, 6) is -0.0269. The van der Waals surface area contributed by atoms with Crippen molar-refractivity contribution in [1.82, 2.24) is 15.2 Å². The van der Waals surface area contributed by atoms with Crippen LogP contribution in [-0.2, 0) is 28.0 Å². The van der Waals surface area contributed by atoms with E-state index < -0.39 is 11.0 Å². The third-order valence-corrected chi connectivity index (χ3v) is 11.3. The minimum atomic E-state index is -0.980. The van der Waals surface area contributed by atoms with E-state index in [0.29, 0.717) is 12.8 Å². The second-order valence-corrected chi connectivity index (χ2v) is 11.9. The molecule has 0 amide bonds. The molecule has 4 aliphatic carbocycles. The summed E-state index contributed by atoms with van der Waals surface area (Å²) in [5, 5.41) is 21.9. The first kappa shape index (κ1) is 19.8. The highest BCUT2D eigenvalue weighted by Gasteiger charge is 2.84. The summed E-state index contributed by atoms with van der Waals surface area (Å²) in [7, 11) is 0. The molecule has 7 heteroatoms. The molecule has 3 fully saturated rings. The Labute approximate surface area is 185 Å². The Morgan fingerprint density at radius 1 is 1.23 bits per heavy atom. The van der Waals surface area contributed by atoms with Gasteiger partial charge in [-0.05, 0) is 67.3 Å². The maximum atomic E-state index is 12.9. The molecule has 0 bridgehead atoms. The molecule has 3 saturated carbocycles. The average molecular weight is 440 g/mol. The van der Waals surface area contributed by atoms with Crippen LogP contribution in [0, 0.1) is 33.5 Å². The molecule has 0 radical (unpaired) electrons. The largest absolute Gasteiger partial charge is 0.382 e. The number of hydrogen-bond acceptors (Lipinski definition) is 6. The number of thiazole rings is 1. The summed E-state index contributed by atoms with van der Waals surface area (Å²) in [6.45, 7) is 4.41. The van der Waals surface area contributed by atoms with Gasteiger partial charge in [-0.1, -0.05) is 13.8 Å². The van der Waals surface area contributed by atoms with Crippen molar-refractivity contribution in [2.45, 2.75) is 64.4 Å². The Bertz CT molecular complexity index is 1070. The molecule has 0 unspecified atom stereocenters. The second kappa shape index (κ2) is 5.93. The van der Waals surface area contributed by atoms with Crippen molar-refractivity contribution in [3.63, 3.8) is 0 Å². The number of aromatic nitrogens is 3. The number of nitrogens with one attached hydrogen (secondary N) is 1. The van der Waals surface area contributed by atoms with E-state index >= 15 is 0 Å². The number of aliphatic hydroxyl groups is 1. The lowest BCUT2D eigenvalue weighted by Crippen LogP contribution is -2.54. The third kappa shape index (κ3) is 2.04. The molecule has 6 rings (SSSR count). The molecular formula is C24H29N3O3S. The van der Waals surface area contributed by atoms with Gasteiger partial charge < -0.3 is 14.7 Å². The number of fused-ring (bicyclic) bond motifs is 4. The number of carbonyl (C=O) groups is 2. The Morgan fingerprint density at radius 3 is 2.77 bits per heavy atom. The topological polar surface area (TPSA) is 95.9 Å². The third-order valence-electron chi connectivity index (χ3n) is 10.4. The zero-order valence-electron chi connectivity index (χ0n) is 18.1. The molecule has 4 aliphatic rings. The molecule has 2 aromatic heterocycles. The quantitative estimate of drug-likeness (QED) is 0.712. The number of hydrogen-bond donors (Lipinski definition) is 2. The molecule has 0 saturated heterocycles. The van der Waals surface area contributed by atoms with E-state index in [1.54, 1.807) is 6.20 Å². The van der Waals surface area contributed by atoms with Crippen LogP contribution in [0.1, 0.15) is 62.2 Å². The second-order valence-electron chi connectivity index (χ2n) is 11.0. The standard InChI is InChI=1S/C24H29N3O3S/c1-20-5-6-23(21(2)10-15-11-26-27-17(15)9-16(21)12-28)13-22(23,14-29)18(20)3-4-24(20,30)19-25-7-8-31-19/h7-8,11-12,14,16,18,30H,3-6,9-10,13H2,1-2H3,(H,26,27)/t16-,18-,20+,21+,22+,23+,24-/m1/s1. The van der Waals surface area contributed by atoms with Crippen LogP contribution < -0.4 is 0 Å². The van der Waals surface area contributed by atoms with Crippen LogP contribution in [0.2, 0.25) is 0 Å². The number of nitrogens with zero attached hydrogens (tertiary/aromatic N) is 2. The first-order chi connectivity index (χ1) is 14.8. The lowest BCUT2D eigenvalue weighted by Gasteiger charge is -2.55. The first-order valence-corrected chi connectivity index (χ1v) is 12.2. The Morgan fingerprint density at radius 2 is 2.06 bits per heavy atom. The minimum absolute atomic E-state index is 0.107. The average Bonchev–Trinajstić information content (AvgIpc) is 3.15. The van der Waals surface area contributed by atoms with Gasteiger partial charge in [-0.2, -0.15) is 5.10 Å². The highest BCUT2D eigenvalue weighted by Crippen LogP contribution is 2.86. The Hall–Kier alpha value is -1.86. The predicted octanol–water partition coefficient (Wildman–Crippen LogP) is 3.46. The first-order valence-electron chi connectivity index (χ1n) is 11.4. The Balaban J connectivity index is 1.44. The molecule has 0 aromatic carbocycles. The molecular weight excluding hydrogens is 410 g/mol. The van der Waals surface area contributed by atoms with Gasteiger partial charge in [0.15, 0.2) is 0 Å². The van der Waals surface area contributed by atoms with Gasteiger partial charge >= 0.3 is 0 Å². The van der Waals surface area contributed by atoms with E-state index in [-0.39, 0.29) is 28.1 Å². The number of rotatable bonds is 4. The maximum Gasteiger partial charge on any atom is 0.127 e.